The van der Waals surface area contributed by atoms with Crippen LogP contribution in [0.5, 0.6) is 46.0 Å². The van der Waals surface area contributed by atoms with E-state index in [1.165, 1.54) is 23.6 Å². The highest BCUT2D eigenvalue weighted by Gasteiger charge is 2.43. The van der Waals surface area contributed by atoms with E-state index in [-0.39, 0.29) is 77.1 Å². The predicted octanol–water partition coefficient (Wildman–Crippen LogP) is 21.3. The van der Waals surface area contributed by atoms with Gasteiger partial charge in [0.15, 0.2) is 10.2 Å². The molecule has 0 aliphatic carbocycles. The summed E-state index contributed by atoms with van der Waals surface area (Å²) < 4.78 is 29.2. The first-order chi connectivity index (χ1) is 45.4. The third-order valence-electron chi connectivity index (χ3n) is 18.0. The average Bonchev–Trinajstić information content (AvgIpc) is 0.672. The van der Waals surface area contributed by atoms with Crippen LogP contribution in [0.3, 0.4) is 0 Å². The number of carbonyl (C=O) groups is 6. The van der Waals surface area contributed by atoms with Crippen LogP contribution in [0.1, 0.15) is 172 Å². The summed E-state index contributed by atoms with van der Waals surface area (Å²) in [5.74, 6) is 0.775. The molecule has 0 unspecified atom stereocenters. The van der Waals surface area contributed by atoms with E-state index in [2.05, 4.69) is 83.1 Å². The molecule has 0 saturated heterocycles. The Hall–Kier alpha value is -9.76. The third-order valence-corrected chi connectivity index (χ3v) is 19.7. The van der Waals surface area contributed by atoms with Gasteiger partial charge in [0.05, 0.1) is 33.6 Å². The van der Waals surface area contributed by atoms with Crippen LogP contribution in [0.2, 0.25) is 0 Å². The molecule has 96 heavy (non-hydrogen) atoms. The molecule has 0 N–H and O–H groups in total. The number of imide groups is 2. The van der Waals surface area contributed by atoms with Gasteiger partial charge in [-0.2, -0.15) is 0 Å². The summed E-state index contributed by atoms with van der Waals surface area (Å²) in [5, 5.41) is 2.85. The first kappa shape index (κ1) is 64.9. The van der Waals surface area contributed by atoms with Crippen molar-refractivity contribution in [2.24, 2.45) is 0 Å². The van der Waals surface area contributed by atoms with Crippen molar-refractivity contribution < 1.29 is 47.7 Å². The summed E-state index contributed by atoms with van der Waals surface area (Å²) in [6.45, 7) is 28.6. The van der Waals surface area contributed by atoms with Gasteiger partial charge in [-0.05, 0) is 152 Å². The van der Waals surface area contributed by atoms with Gasteiger partial charge >= 0.3 is 0 Å². The van der Waals surface area contributed by atoms with E-state index < -0.39 is 23.6 Å². The van der Waals surface area contributed by atoms with Gasteiger partial charge in [0.2, 0.25) is 0 Å². The van der Waals surface area contributed by atoms with E-state index in [1.807, 2.05) is 97.1 Å². The highest BCUT2D eigenvalue weighted by molar-refractivity contribution is 8.13. The lowest BCUT2D eigenvalue weighted by atomic mass is 9.80. The molecular formula is C82H74N2O10S2. The average molecular weight is 1310 g/mol. The Morgan fingerprint density at radius 2 is 0.531 bits per heavy atom. The second-order valence-corrected chi connectivity index (χ2v) is 31.3. The molecular weight excluding hydrogens is 1240 g/mol. The number of carbonyl (C=O) groups excluding carboxylic acids is 6. The summed E-state index contributed by atoms with van der Waals surface area (Å²) in [5.41, 5.74) is 6.19. The van der Waals surface area contributed by atoms with E-state index in [0.29, 0.717) is 89.0 Å². The van der Waals surface area contributed by atoms with E-state index >= 15 is 19.2 Å². The molecule has 0 fully saturated rings. The molecule has 2 aliphatic heterocycles. The molecule has 12 nitrogen and oxygen atoms in total. The van der Waals surface area contributed by atoms with Gasteiger partial charge in [0.25, 0.3) is 23.6 Å². The Kier molecular flexibility index (Phi) is 16.3. The Balaban J connectivity index is 1.20. The summed E-state index contributed by atoms with van der Waals surface area (Å²) in [6, 6.07) is 51.9. The number of benzene rings is 11. The van der Waals surface area contributed by atoms with Gasteiger partial charge in [-0.25, -0.2) is 9.80 Å². The Bertz CT molecular complexity index is 4450. The van der Waals surface area contributed by atoms with Crippen LogP contribution >= 0.6 is 23.5 Å². The molecule has 14 heteroatoms. The topological polar surface area (TPSA) is 146 Å². The van der Waals surface area contributed by atoms with Crippen LogP contribution in [0.15, 0.2) is 170 Å². The molecule has 0 saturated carbocycles. The van der Waals surface area contributed by atoms with Crippen molar-refractivity contribution in [2.75, 3.05) is 9.80 Å². The smallest absolute Gasteiger partial charge is 0.266 e. The van der Waals surface area contributed by atoms with Crippen molar-refractivity contribution in [2.45, 2.75) is 130 Å². The highest BCUT2D eigenvalue weighted by atomic mass is 32.2. The SMILES string of the molecule is CC(=O)SCc1ccc(N2C(=O)c3cc(Oc4ccc(C(C)(C)C)cc4)c4c5c(Oc6ccc(C(C)(C)C)cc6)cc6c7c(cc(Oc8ccc(C(C)(C)C)cc8)c(c8c(Oc9ccc(C(C)(C)C)cc9)cc(c3c48)C2=O)c75)C(=O)N(c2ccc(CSC(C)=O)cc2)C6=O)cc1. The van der Waals surface area contributed by atoms with Crippen LogP contribution < -0.4 is 28.7 Å². The van der Waals surface area contributed by atoms with Crippen molar-refractivity contribution >= 4 is 112 Å². The minimum atomic E-state index is -0.626. The van der Waals surface area contributed by atoms with E-state index in [9.17, 15) is 9.59 Å². The molecule has 2 heterocycles. The highest BCUT2D eigenvalue weighted by Crippen LogP contribution is 2.58. The predicted molar refractivity (Wildman–Crippen MR) is 388 cm³/mol. The van der Waals surface area contributed by atoms with E-state index in [4.69, 9.17) is 18.9 Å². The molecule has 484 valence electrons. The summed E-state index contributed by atoms with van der Waals surface area (Å²) >= 11 is 2.32. The summed E-state index contributed by atoms with van der Waals surface area (Å²) in [7, 11) is 0. The number of thioether (sulfide) groups is 2. The maximum atomic E-state index is 16.0. The van der Waals surface area contributed by atoms with Gasteiger partial charge in [-0.15, -0.1) is 0 Å². The van der Waals surface area contributed by atoms with Crippen molar-refractivity contribution in [3.8, 4) is 46.0 Å². The molecule has 2 aliphatic rings. The molecule has 0 spiro atoms. The zero-order chi connectivity index (χ0) is 68.2. The molecule has 13 rings (SSSR count). The van der Waals surface area contributed by atoms with Gasteiger partial charge in [-0.1, -0.05) is 179 Å². The van der Waals surface area contributed by atoms with Crippen LogP contribution in [0, 0.1) is 0 Å². The second kappa shape index (κ2) is 24.2. The van der Waals surface area contributed by atoms with E-state index in [0.717, 1.165) is 56.9 Å². The fraction of sp³-hybridized carbons (Fsp3) is 0.244. The lowest BCUT2D eigenvalue weighted by molar-refractivity contribution is -0.109. The number of anilines is 2. The lowest BCUT2D eigenvalue weighted by Gasteiger charge is -2.32. The Morgan fingerprint density at radius 3 is 0.729 bits per heavy atom. The monoisotopic (exact) mass is 1310 g/mol. The van der Waals surface area contributed by atoms with Gasteiger partial charge in [0.1, 0.15) is 46.0 Å². The quantitative estimate of drug-likeness (QED) is 0.0580. The minimum absolute atomic E-state index is 0.0396. The molecule has 11 aromatic carbocycles. The van der Waals surface area contributed by atoms with Gasteiger partial charge in [0, 0.05) is 68.4 Å². The van der Waals surface area contributed by atoms with Crippen LogP contribution in [-0.4, -0.2) is 33.9 Å². The van der Waals surface area contributed by atoms with Crippen molar-refractivity contribution in [1.29, 1.82) is 0 Å². The van der Waals surface area contributed by atoms with Gasteiger partial charge in [-0.3, -0.25) is 28.8 Å². The molecule has 0 bridgehead atoms. The van der Waals surface area contributed by atoms with Crippen LogP contribution in [0.4, 0.5) is 11.4 Å². The fourth-order valence-electron chi connectivity index (χ4n) is 12.8. The fourth-order valence-corrected chi connectivity index (χ4v) is 13.9. The number of hydrogen-bond donors (Lipinski definition) is 0. The Labute approximate surface area is 567 Å². The zero-order valence-corrected chi connectivity index (χ0v) is 58.0. The Morgan fingerprint density at radius 1 is 0.312 bits per heavy atom. The van der Waals surface area contributed by atoms with Crippen molar-refractivity contribution in [1.82, 2.24) is 0 Å². The molecule has 4 amide bonds. The molecule has 0 radical (unpaired) electrons. The maximum absolute atomic E-state index is 16.0. The normalized spacial score (nSPS) is 13.6. The number of rotatable bonds is 14. The number of nitrogens with zero attached hydrogens (tertiary/aromatic N) is 2. The second-order valence-electron chi connectivity index (χ2n) is 29.0. The zero-order valence-electron chi connectivity index (χ0n) is 56.4. The van der Waals surface area contributed by atoms with Crippen LogP contribution in [0.25, 0.3) is 43.1 Å². The number of fused-ring (bicyclic) bond motifs is 2. The number of ether oxygens (including phenoxy) is 4. The first-order valence-electron chi connectivity index (χ1n) is 32.1. The molecule has 0 aromatic heterocycles. The minimum Gasteiger partial charge on any atom is -0.457 e. The van der Waals surface area contributed by atoms with Crippen molar-refractivity contribution in [3.05, 3.63) is 225 Å². The molecule has 11 aromatic rings. The lowest BCUT2D eigenvalue weighted by Crippen LogP contribution is -2.40. The largest absolute Gasteiger partial charge is 0.457 e. The summed E-state index contributed by atoms with van der Waals surface area (Å²) in [6.07, 6.45) is 0. The maximum Gasteiger partial charge on any atom is 0.266 e. The number of hydrogen-bond acceptors (Lipinski definition) is 12. The molecule has 0 atom stereocenters. The first-order valence-corrected chi connectivity index (χ1v) is 34.1. The van der Waals surface area contributed by atoms with E-state index in [1.54, 1.807) is 72.8 Å². The third kappa shape index (κ3) is 12.0. The van der Waals surface area contributed by atoms with Crippen molar-refractivity contribution in [3.63, 3.8) is 0 Å². The standard InChI is InChI=1S/C82H74N2O10S2/c1-45(85)95-43-47-15-27-53(28-16-47)83-75(87)59-39-63(91-55-31-19-49(20-32-55)79(3,4)5)69-71-65(93-57-35-23-51(24-36-57)81(9,10)11)41-61-68-62(78(90)84(77(61)89)54-29-17-48(18-30-54)44-96-46(2)86)42-66(94-58-37-25-52(26-38-58)82(12,13)14)72(74(68)71)70-64(40-60(76(83)88)67(59)73(69)70)92-56-33-21-50(22-34-56)80(6,7)8/h15-42H,43-44H2,1-14H3. The summed E-state index contributed by atoms with van der Waals surface area (Å²) in [4.78, 5) is 90.5. The van der Waals surface area contributed by atoms with Gasteiger partial charge < -0.3 is 18.9 Å². The number of amides is 4. The van der Waals surface area contributed by atoms with Crippen LogP contribution in [-0.2, 0) is 42.8 Å².